The van der Waals surface area contributed by atoms with Crippen LogP contribution in [0.5, 0.6) is 0 Å². The predicted octanol–water partition coefficient (Wildman–Crippen LogP) is 5.04. The molecule has 0 fully saturated rings. The van der Waals surface area contributed by atoms with Crippen LogP contribution < -0.4 is 0 Å². The molecule has 0 radical (unpaired) electrons. The molecule has 4 aromatic rings. The molecule has 2 heterocycles. The first-order valence-electron chi connectivity index (χ1n) is 8.73. The van der Waals surface area contributed by atoms with Crippen LogP contribution in [0.1, 0.15) is 16.7 Å². The van der Waals surface area contributed by atoms with Gasteiger partial charge in [-0.1, -0.05) is 66.7 Å². The number of imidazole rings is 1. The normalized spacial score (nSPS) is 17.7. The van der Waals surface area contributed by atoms with E-state index in [9.17, 15) is 4.39 Å². The van der Waals surface area contributed by atoms with Crippen LogP contribution in [0.3, 0.4) is 0 Å². The first-order chi connectivity index (χ1) is 12.8. The van der Waals surface area contributed by atoms with E-state index in [2.05, 4.69) is 52.0 Å². The summed E-state index contributed by atoms with van der Waals surface area (Å²) in [4.78, 5) is 4.61. The van der Waals surface area contributed by atoms with Gasteiger partial charge in [-0.15, -0.1) is 0 Å². The number of fused-ring (bicyclic) bond motifs is 3. The average molecular weight is 340 g/mol. The van der Waals surface area contributed by atoms with Crippen LogP contribution in [-0.4, -0.2) is 9.55 Å². The van der Waals surface area contributed by atoms with Crippen LogP contribution in [0.25, 0.3) is 11.4 Å². The molecule has 2 nitrogen and oxygen atoms in total. The predicted molar refractivity (Wildman–Crippen MR) is 100 cm³/mol. The number of benzene rings is 3. The van der Waals surface area contributed by atoms with Crippen molar-refractivity contribution in [2.75, 3.05) is 0 Å². The maximum absolute atomic E-state index is 13.6. The molecule has 26 heavy (non-hydrogen) atoms. The van der Waals surface area contributed by atoms with Gasteiger partial charge in [-0.05, 0) is 28.8 Å². The van der Waals surface area contributed by atoms with Gasteiger partial charge >= 0.3 is 0 Å². The average Bonchev–Trinajstić information content (AvgIpc) is 3.26. The summed E-state index contributed by atoms with van der Waals surface area (Å²) >= 11 is 0. The van der Waals surface area contributed by atoms with Crippen LogP contribution in [-0.2, 0) is 12.0 Å². The van der Waals surface area contributed by atoms with Gasteiger partial charge in [-0.2, -0.15) is 0 Å². The molecule has 0 bridgehead atoms. The largest absolute Gasteiger partial charge is 0.316 e. The van der Waals surface area contributed by atoms with Gasteiger partial charge in [0.2, 0.25) is 0 Å². The number of hydrogen-bond acceptors (Lipinski definition) is 1. The minimum Gasteiger partial charge on any atom is -0.316 e. The van der Waals surface area contributed by atoms with Crippen LogP contribution in [0, 0.1) is 5.82 Å². The van der Waals surface area contributed by atoms with Gasteiger partial charge in [0.1, 0.15) is 17.2 Å². The van der Waals surface area contributed by atoms with Gasteiger partial charge in [0, 0.05) is 24.4 Å². The number of aromatic nitrogens is 2. The molecule has 126 valence electrons. The van der Waals surface area contributed by atoms with Crippen LogP contribution in [0.2, 0.25) is 0 Å². The molecule has 3 aromatic carbocycles. The van der Waals surface area contributed by atoms with Gasteiger partial charge in [0.25, 0.3) is 0 Å². The highest BCUT2D eigenvalue weighted by molar-refractivity contribution is 5.71. The third kappa shape index (κ3) is 2.07. The van der Waals surface area contributed by atoms with E-state index < -0.39 is 5.54 Å². The SMILES string of the molecule is Fc1ccc([C@]2(Cc3ccccc3)c3ccccc3-c3nccn32)cc1. The Balaban J connectivity index is 1.82. The maximum atomic E-state index is 13.6. The van der Waals surface area contributed by atoms with E-state index in [0.29, 0.717) is 0 Å². The molecule has 1 aliphatic rings. The Labute approximate surface area is 151 Å². The molecular weight excluding hydrogens is 323 g/mol. The van der Waals surface area contributed by atoms with Gasteiger partial charge < -0.3 is 4.57 Å². The second-order valence-electron chi connectivity index (χ2n) is 6.70. The first kappa shape index (κ1) is 15.1. The lowest BCUT2D eigenvalue weighted by molar-refractivity contribution is 0.449. The smallest absolute Gasteiger partial charge is 0.141 e. The van der Waals surface area contributed by atoms with Crippen molar-refractivity contribution in [1.29, 1.82) is 0 Å². The Hall–Kier alpha value is -3.20. The maximum Gasteiger partial charge on any atom is 0.141 e. The van der Waals surface area contributed by atoms with E-state index in [-0.39, 0.29) is 5.82 Å². The van der Waals surface area contributed by atoms with E-state index >= 15 is 0 Å². The molecule has 0 aliphatic carbocycles. The monoisotopic (exact) mass is 340 g/mol. The minimum absolute atomic E-state index is 0.222. The number of hydrogen-bond donors (Lipinski definition) is 0. The quantitative estimate of drug-likeness (QED) is 0.511. The van der Waals surface area contributed by atoms with Crippen LogP contribution in [0.4, 0.5) is 4.39 Å². The van der Waals surface area contributed by atoms with Gasteiger partial charge in [0.05, 0.1) is 0 Å². The Morgan fingerprint density at radius 1 is 0.846 bits per heavy atom. The van der Waals surface area contributed by atoms with Crippen molar-refractivity contribution in [1.82, 2.24) is 9.55 Å². The van der Waals surface area contributed by atoms with Crippen molar-refractivity contribution in [2.24, 2.45) is 0 Å². The van der Waals surface area contributed by atoms with E-state index in [1.54, 1.807) is 12.1 Å². The fourth-order valence-electron chi connectivity index (χ4n) is 4.17. The summed E-state index contributed by atoms with van der Waals surface area (Å²) in [5.41, 5.74) is 4.20. The van der Waals surface area contributed by atoms with E-state index in [1.807, 2.05) is 36.7 Å². The molecule has 0 spiro atoms. The molecule has 1 aromatic heterocycles. The van der Waals surface area contributed by atoms with Gasteiger partial charge in [-0.25, -0.2) is 9.37 Å². The van der Waals surface area contributed by atoms with E-state index in [4.69, 9.17) is 0 Å². The van der Waals surface area contributed by atoms with Gasteiger partial charge in [0.15, 0.2) is 0 Å². The molecule has 0 saturated heterocycles. The highest BCUT2D eigenvalue weighted by atomic mass is 19.1. The second kappa shape index (κ2) is 5.67. The molecule has 0 amide bonds. The van der Waals surface area contributed by atoms with Crippen molar-refractivity contribution >= 4 is 0 Å². The second-order valence-corrected chi connectivity index (χ2v) is 6.70. The van der Waals surface area contributed by atoms with Gasteiger partial charge in [-0.3, -0.25) is 0 Å². The molecule has 1 atom stereocenters. The summed E-state index contributed by atoms with van der Waals surface area (Å²) in [6, 6.07) is 25.7. The lowest BCUT2D eigenvalue weighted by Gasteiger charge is -2.34. The zero-order valence-corrected chi connectivity index (χ0v) is 14.1. The van der Waals surface area contributed by atoms with Crippen molar-refractivity contribution in [3.63, 3.8) is 0 Å². The van der Waals surface area contributed by atoms with Crippen molar-refractivity contribution in [3.05, 3.63) is 114 Å². The molecule has 0 saturated carbocycles. The summed E-state index contributed by atoms with van der Waals surface area (Å²) in [6.45, 7) is 0. The van der Waals surface area contributed by atoms with E-state index in [1.165, 1.54) is 11.1 Å². The number of rotatable bonds is 3. The number of nitrogens with zero attached hydrogens (tertiary/aromatic N) is 2. The Bertz CT molecular complexity index is 1070. The molecule has 0 unspecified atom stereocenters. The lowest BCUT2D eigenvalue weighted by atomic mass is 9.78. The lowest BCUT2D eigenvalue weighted by Crippen LogP contribution is -2.35. The Morgan fingerprint density at radius 3 is 2.38 bits per heavy atom. The zero-order chi connectivity index (χ0) is 17.6. The van der Waals surface area contributed by atoms with Crippen molar-refractivity contribution < 1.29 is 4.39 Å². The highest BCUT2D eigenvalue weighted by Gasteiger charge is 2.44. The zero-order valence-electron chi connectivity index (χ0n) is 14.1. The third-order valence-corrected chi connectivity index (χ3v) is 5.29. The molecule has 5 rings (SSSR count). The Kier molecular flexibility index (Phi) is 3.29. The molecule has 1 aliphatic heterocycles. The molecular formula is C23H17FN2. The third-order valence-electron chi connectivity index (χ3n) is 5.29. The summed E-state index contributed by atoms with van der Waals surface area (Å²) in [7, 11) is 0. The standard InChI is InChI=1S/C23H17FN2/c24-19-12-10-18(11-13-19)23(16-17-6-2-1-3-7-17)21-9-5-4-8-20(21)22-25-14-15-26(22)23/h1-15H,16H2/t23-/m1/s1. The first-order valence-corrected chi connectivity index (χ1v) is 8.73. The summed E-state index contributed by atoms with van der Waals surface area (Å²) in [5.74, 6) is 0.738. The number of halogens is 1. The minimum atomic E-state index is -0.433. The fourth-order valence-corrected chi connectivity index (χ4v) is 4.17. The summed E-state index contributed by atoms with van der Waals surface area (Å²) in [6.07, 6.45) is 4.65. The van der Waals surface area contributed by atoms with Crippen LogP contribution >= 0.6 is 0 Å². The van der Waals surface area contributed by atoms with E-state index in [0.717, 1.165) is 23.4 Å². The van der Waals surface area contributed by atoms with Crippen molar-refractivity contribution in [2.45, 2.75) is 12.0 Å². The highest BCUT2D eigenvalue weighted by Crippen LogP contribution is 2.48. The van der Waals surface area contributed by atoms with Crippen molar-refractivity contribution in [3.8, 4) is 11.4 Å². The summed E-state index contributed by atoms with van der Waals surface area (Å²) in [5, 5.41) is 0. The Morgan fingerprint density at radius 2 is 1.58 bits per heavy atom. The molecule has 3 heteroatoms. The molecule has 0 N–H and O–H groups in total. The van der Waals surface area contributed by atoms with Crippen LogP contribution in [0.15, 0.2) is 91.3 Å². The summed E-state index contributed by atoms with van der Waals surface area (Å²) < 4.78 is 15.9. The topological polar surface area (TPSA) is 17.8 Å². The fraction of sp³-hybridized carbons (Fsp3) is 0.0870.